The first-order valence-corrected chi connectivity index (χ1v) is 5.50. The van der Waals surface area contributed by atoms with E-state index in [1.165, 1.54) is 18.4 Å². The highest BCUT2D eigenvalue weighted by Gasteiger charge is 2.45. The minimum absolute atomic E-state index is 0.304. The molecule has 1 aliphatic carbocycles. The van der Waals surface area contributed by atoms with Crippen molar-refractivity contribution < 1.29 is 0 Å². The van der Waals surface area contributed by atoms with Gasteiger partial charge in [0.1, 0.15) is 0 Å². The average molecular weight is 210 g/mol. The average Bonchev–Trinajstić information content (AvgIpc) is 2.90. The maximum atomic E-state index is 5.98. The van der Waals surface area contributed by atoms with Crippen LogP contribution in [-0.2, 0) is 6.42 Å². The minimum atomic E-state index is 0.304. The highest BCUT2D eigenvalue weighted by atomic mass is 35.5. The van der Waals surface area contributed by atoms with Crippen LogP contribution in [0, 0.1) is 5.41 Å². The number of hydrogen-bond donors (Lipinski definition) is 1. The second-order valence-corrected chi connectivity index (χ2v) is 4.89. The third kappa shape index (κ3) is 1.94. The quantitative estimate of drug-likeness (QED) is 0.814. The van der Waals surface area contributed by atoms with Crippen LogP contribution in [0.5, 0.6) is 0 Å². The van der Waals surface area contributed by atoms with Gasteiger partial charge in [-0.15, -0.1) is 0 Å². The predicted octanol–water partition coefficient (Wildman–Crippen LogP) is 3.01. The van der Waals surface area contributed by atoms with Crippen molar-refractivity contribution in [2.45, 2.75) is 32.2 Å². The molecule has 0 bridgehead atoms. The fourth-order valence-corrected chi connectivity index (χ4v) is 2.09. The van der Waals surface area contributed by atoms with Crippen molar-refractivity contribution in [1.29, 1.82) is 0 Å². The summed E-state index contributed by atoms with van der Waals surface area (Å²) in [4.78, 5) is 0. The Morgan fingerprint density at radius 2 is 1.93 bits per heavy atom. The van der Waals surface area contributed by atoms with Crippen LogP contribution >= 0.6 is 11.6 Å². The van der Waals surface area contributed by atoms with Crippen molar-refractivity contribution >= 4 is 11.6 Å². The van der Waals surface area contributed by atoms with Gasteiger partial charge in [-0.2, -0.15) is 0 Å². The first-order chi connectivity index (χ1) is 6.62. The van der Waals surface area contributed by atoms with Crippen molar-refractivity contribution in [3.05, 3.63) is 34.9 Å². The topological polar surface area (TPSA) is 26.0 Å². The van der Waals surface area contributed by atoms with Gasteiger partial charge in [0.05, 0.1) is 0 Å². The van der Waals surface area contributed by atoms with Gasteiger partial charge in [-0.25, -0.2) is 0 Å². The van der Waals surface area contributed by atoms with Gasteiger partial charge in [0.15, 0.2) is 0 Å². The summed E-state index contributed by atoms with van der Waals surface area (Å²) in [7, 11) is 0. The summed E-state index contributed by atoms with van der Waals surface area (Å²) in [6, 6.07) is 8.41. The highest BCUT2D eigenvalue weighted by Crippen LogP contribution is 2.50. The molecule has 0 spiro atoms. The number of halogens is 1. The van der Waals surface area contributed by atoms with E-state index in [0.29, 0.717) is 11.5 Å². The first-order valence-electron chi connectivity index (χ1n) is 5.12. The van der Waals surface area contributed by atoms with Crippen molar-refractivity contribution in [3.8, 4) is 0 Å². The predicted molar refractivity (Wildman–Crippen MR) is 60.5 cm³/mol. The van der Waals surface area contributed by atoms with Gasteiger partial charge in [0.2, 0.25) is 0 Å². The van der Waals surface area contributed by atoms with Gasteiger partial charge in [-0.3, -0.25) is 0 Å². The van der Waals surface area contributed by atoms with E-state index in [9.17, 15) is 0 Å². The molecular weight excluding hydrogens is 194 g/mol. The van der Waals surface area contributed by atoms with E-state index >= 15 is 0 Å². The molecule has 1 nitrogen and oxygen atoms in total. The second-order valence-electron chi connectivity index (χ2n) is 4.45. The summed E-state index contributed by atoms with van der Waals surface area (Å²) in [5.74, 6) is 0. The maximum Gasteiger partial charge on any atom is 0.0406 e. The molecule has 0 heterocycles. The molecule has 76 valence electrons. The first kappa shape index (κ1) is 10.0. The molecule has 1 aliphatic rings. The molecule has 0 radical (unpaired) electrons. The third-order valence-corrected chi connectivity index (χ3v) is 3.58. The Hall–Kier alpha value is -0.530. The molecule has 1 aromatic carbocycles. The van der Waals surface area contributed by atoms with Crippen LogP contribution in [0.15, 0.2) is 24.3 Å². The van der Waals surface area contributed by atoms with E-state index in [4.69, 9.17) is 17.3 Å². The van der Waals surface area contributed by atoms with Crippen molar-refractivity contribution in [2.75, 3.05) is 0 Å². The molecule has 2 N–H and O–H groups in total. The van der Waals surface area contributed by atoms with E-state index in [2.05, 4.69) is 19.1 Å². The Morgan fingerprint density at radius 3 is 2.36 bits per heavy atom. The summed E-state index contributed by atoms with van der Waals surface area (Å²) in [5.41, 5.74) is 7.72. The molecule has 1 aromatic rings. The van der Waals surface area contributed by atoms with Crippen LogP contribution in [0.4, 0.5) is 0 Å². The normalized spacial score (nSPS) is 20.5. The lowest BCUT2D eigenvalue weighted by Crippen LogP contribution is -2.29. The van der Waals surface area contributed by atoms with Crippen molar-refractivity contribution in [3.63, 3.8) is 0 Å². The minimum Gasteiger partial charge on any atom is -0.327 e. The van der Waals surface area contributed by atoms with Gasteiger partial charge < -0.3 is 5.73 Å². The molecule has 0 saturated heterocycles. The maximum absolute atomic E-state index is 5.98. The summed E-state index contributed by atoms with van der Waals surface area (Å²) >= 11 is 5.84. The molecule has 1 fully saturated rings. The summed E-state index contributed by atoms with van der Waals surface area (Å²) < 4.78 is 0. The Labute approximate surface area is 90.3 Å². The lowest BCUT2D eigenvalue weighted by molar-refractivity contribution is 0.418. The smallest absolute Gasteiger partial charge is 0.0406 e. The van der Waals surface area contributed by atoms with E-state index in [1.54, 1.807) is 0 Å². The van der Waals surface area contributed by atoms with Gasteiger partial charge in [-0.05, 0) is 49.3 Å². The zero-order chi connectivity index (χ0) is 10.2. The van der Waals surface area contributed by atoms with E-state index in [-0.39, 0.29) is 0 Å². The largest absolute Gasteiger partial charge is 0.327 e. The number of nitrogens with two attached hydrogens (primary N) is 1. The number of benzene rings is 1. The Balaban J connectivity index is 2.08. The van der Waals surface area contributed by atoms with E-state index in [0.717, 1.165) is 11.4 Å². The van der Waals surface area contributed by atoms with E-state index < -0.39 is 0 Å². The van der Waals surface area contributed by atoms with Crippen LogP contribution in [0.25, 0.3) is 0 Å². The third-order valence-electron chi connectivity index (χ3n) is 3.33. The molecule has 0 aliphatic heterocycles. The van der Waals surface area contributed by atoms with Gasteiger partial charge in [0, 0.05) is 11.1 Å². The zero-order valence-electron chi connectivity index (χ0n) is 8.46. The molecule has 1 atom stereocenters. The number of hydrogen-bond acceptors (Lipinski definition) is 1. The van der Waals surface area contributed by atoms with Crippen LogP contribution in [-0.4, -0.2) is 6.04 Å². The highest BCUT2D eigenvalue weighted by molar-refractivity contribution is 6.30. The molecule has 1 unspecified atom stereocenters. The van der Waals surface area contributed by atoms with Crippen LogP contribution < -0.4 is 5.73 Å². The monoisotopic (exact) mass is 209 g/mol. The molecule has 1 saturated carbocycles. The lowest BCUT2D eigenvalue weighted by atomic mass is 9.90. The Bertz CT molecular complexity index is 312. The molecule has 2 heteroatoms. The molecular formula is C12H16ClN. The van der Waals surface area contributed by atoms with Crippen LogP contribution in [0.1, 0.15) is 25.3 Å². The molecule has 2 rings (SSSR count). The Kier molecular flexibility index (Phi) is 2.54. The fourth-order valence-electron chi connectivity index (χ4n) is 1.96. The molecule has 0 amide bonds. The SMILES string of the molecule is CC(N)C1(Cc2ccc(Cl)cc2)CC1. The molecule has 14 heavy (non-hydrogen) atoms. The van der Waals surface area contributed by atoms with Crippen LogP contribution in [0.2, 0.25) is 5.02 Å². The molecule has 0 aromatic heterocycles. The fraction of sp³-hybridized carbons (Fsp3) is 0.500. The number of rotatable bonds is 3. The van der Waals surface area contributed by atoms with Crippen molar-refractivity contribution in [1.82, 2.24) is 0 Å². The summed E-state index contributed by atoms with van der Waals surface area (Å²) in [5, 5.41) is 0.805. The van der Waals surface area contributed by atoms with Gasteiger partial charge in [0.25, 0.3) is 0 Å². The van der Waals surface area contributed by atoms with E-state index in [1.807, 2.05) is 12.1 Å². The summed E-state index contributed by atoms with van der Waals surface area (Å²) in [6.07, 6.45) is 3.64. The Morgan fingerprint density at radius 1 is 1.36 bits per heavy atom. The zero-order valence-corrected chi connectivity index (χ0v) is 9.22. The second kappa shape index (κ2) is 3.56. The van der Waals surface area contributed by atoms with Crippen molar-refractivity contribution in [2.24, 2.45) is 11.1 Å². The van der Waals surface area contributed by atoms with Gasteiger partial charge >= 0.3 is 0 Å². The standard InChI is InChI=1S/C12H16ClN/c1-9(14)12(6-7-12)8-10-2-4-11(13)5-3-10/h2-5,9H,6-8,14H2,1H3. The summed E-state index contributed by atoms with van der Waals surface area (Å²) in [6.45, 7) is 2.11. The lowest BCUT2D eigenvalue weighted by Gasteiger charge is -2.19. The van der Waals surface area contributed by atoms with Crippen LogP contribution in [0.3, 0.4) is 0 Å². The van der Waals surface area contributed by atoms with Gasteiger partial charge in [-0.1, -0.05) is 23.7 Å².